The molecule has 3 nitrogen and oxygen atoms in total. The lowest BCUT2D eigenvalue weighted by Gasteiger charge is -2.62. The molecule has 3 heteroatoms. The summed E-state index contributed by atoms with van der Waals surface area (Å²) >= 11 is 0. The van der Waals surface area contributed by atoms with Crippen molar-refractivity contribution in [2.45, 2.75) is 97.1 Å². The normalized spacial score (nSPS) is 54.9. The zero-order chi connectivity index (χ0) is 19.5. The zero-order valence-electron chi connectivity index (χ0n) is 17.7. The molecule has 3 saturated carbocycles. The van der Waals surface area contributed by atoms with Crippen molar-refractivity contribution in [1.29, 1.82) is 0 Å². The summed E-state index contributed by atoms with van der Waals surface area (Å²) in [7, 11) is 0. The summed E-state index contributed by atoms with van der Waals surface area (Å²) in [5.74, 6) is 1.42. The van der Waals surface area contributed by atoms with Crippen molar-refractivity contribution in [1.82, 2.24) is 0 Å². The number of Topliss-reactive ketones (excluding diaryl/α,β-unsaturated/α-hetero) is 1. The topological polar surface area (TPSA) is 35.5 Å². The van der Waals surface area contributed by atoms with E-state index < -0.39 is 5.79 Å². The van der Waals surface area contributed by atoms with Gasteiger partial charge in [-0.3, -0.25) is 4.79 Å². The summed E-state index contributed by atoms with van der Waals surface area (Å²) in [6.07, 6.45) is 11.0. The van der Waals surface area contributed by atoms with Gasteiger partial charge in [0, 0.05) is 12.8 Å². The van der Waals surface area contributed by atoms with E-state index in [1.807, 2.05) is 6.92 Å². The highest BCUT2D eigenvalue weighted by Crippen LogP contribution is 2.85. The predicted octanol–water partition coefficient (Wildman–Crippen LogP) is 5.70. The molecule has 0 spiro atoms. The number of rotatable bonds is 1. The zero-order valence-corrected chi connectivity index (χ0v) is 17.7. The summed E-state index contributed by atoms with van der Waals surface area (Å²) in [6, 6.07) is 0. The first-order valence-corrected chi connectivity index (χ1v) is 11.5. The monoisotopic (exact) mass is 382 g/mol. The average molecular weight is 383 g/mol. The van der Waals surface area contributed by atoms with Crippen LogP contribution in [-0.4, -0.2) is 17.9 Å². The van der Waals surface area contributed by atoms with Gasteiger partial charge in [-0.2, -0.15) is 0 Å². The predicted molar refractivity (Wildman–Crippen MR) is 107 cm³/mol. The first-order chi connectivity index (χ1) is 13.3. The van der Waals surface area contributed by atoms with Crippen LogP contribution in [0.4, 0.5) is 0 Å². The highest BCUT2D eigenvalue weighted by Gasteiger charge is 2.81. The standard InChI is InChI=1S/C25H34O3/c1-15-14-24-11-12-25(15,23(4)27-16(2)28-23)22(24,3)10-9-20-19-7-6-18(26)13-17(19)5-8-21(20)24/h16,20-21H,1,5-14H2,2-4H3/t16?,20-,21-,22+,23?,24?,25+/m1/s1. The quantitative estimate of drug-likeness (QED) is 0.546. The lowest BCUT2D eigenvalue weighted by Crippen LogP contribution is -2.65. The van der Waals surface area contributed by atoms with Gasteiger partial charge in [0.1, 0.15) is 5.78 Å². The van der Waals surface area contributed by atoms with Crippen molar-refractivity contribution in [3.05, 3.63) is 23.3 Å². The Labute approximate surface area is 168 Å². The molecule has 0 aromatic heterocycles. The second-order valence-electron chi connectivity index (χ2n) is 11.1. The third kappa shape index (κ3) is 1.71. The number of allylic oxidation sites excluding steroid dienone is 2. The molecule has 0 aromatic rings. The maximum Gasteiger partial charge on any atom is 0.181 e. The van der Waals surface area contributed by atoms with Crippen LogP contribution in [0.3, 0.4) is 0 Å². The molecule has 28 heavy (non-hydrogen) atoms. The number of carbonyl (C=O) groups is 1. The molecule has 1 unspecified atom stereocenters. The van der Waals surface area contributed by atoms with Crippen LogP contribution in [0, 0.1) is 28.1 Å². The molecule has 0 amide bonds. The Bertz CT molecular complexity index is 818. The van der Waals surface area contributed by atoms with Crippen LogP contribution >= 0.6 is 0 Å². The average Bonchev–Trinajstić information content (AvgIpc) is 3.01. The van der Waals surface area contributed by atoms with Crippen LogP contribution in [0.2, 0.25) is 0 Å². The van der Waals surface area contributed by atoms with E-state index in [0.29, 0.717) is 17.1 Å². The fraction of sp³-hybridized carbons (Fsp3) is 0.800. The van der Waals surface area contributed by atoms with Crippen LogP contribution in [0.5, 0.6) is 0 Å². The fourth-order valence-corrected chi connectivity index (χ4v) is 9.69. The van der Waals surface area contributed by atoms with Gasteiger partial charge in [0.15, 0.2) is 12.1 Å². The number of fused-ring (bicyclic) bond motifs is 2. The van der Waals surface area contributed by atoms with E-state index in [-0.39, 0.29) is 17.1 Å². The molecule has 0 aromatic carbocycles. The summed E-state index contributed by atoms with van der Waals surface area (Å²) in [5.41, 5.74) is 5.14. The fourth-order valence-electron chi connectivity index (χ4n) is 9.69. The van der Waals surface area contributed by atoms with E-state index >= 15 is 0 Å². The SMILES string of the molecule is C=C1CC23CC[C@@]1(C1(C)OC(C)O1)[C@@]2(C)CC[C@@H]1C2=C(CC[C@H]13)CC(=O)CC2. The van der Waals surface area contributed by atoms with Crippen LogP contribution in [0.15, 0.2) is 23.3 Å². The van der Waals surface area contributed by atoms with E-state index in [4.69, 9.17) is 9.47 Å². The molecular weight excluding hydrogens is 348 g/mol. The van der Waals surface area contributed by atoms with Gasteiger partial charge in [-0.15, -0.1) is 0 Å². The van der Waals surface area contributed by atoms with Gasteiger partial charge in [0.2, 0.25) is 0 Å². The second kappa shape index (κ2) is 5.21. The minimum absolute atomic E-state index is 0.0331. The molecule has 5 aliphatic carbocycles. The molecule has 1 saturated heterocycles. The van der Waals surface area contributed by atoms with Crippen molar-refractivity contribution >= 4 is 5.78 Å². The Kier molecular flexibility index (Phi) is 3.33. The van der Waals surface area contributed by atoms with E-state index in [0.717, 1.165) is 38.0 Å². The van der Waals surface area contributed by atoms with E-state index in [1.165, 1.54) is 43.3 Å². The minimum Gasteiger partial charge on any atom is -0.321 e. The van der Waals surface area contributed by atoms with E-state index in [2.05, 4.69) is 20.4 Å². The maximum atomic E-state index is 12.0. The lowest BCUT2D eigenvalue weighted by molar-refractivity contribution is -0.478. The van der Waals surface area contributed by atoms with E-state index in [1.54, 1.807) is 5.57 Å². The van der Waals surface area contributed by atoms with Gasteiger partial charge < -0.3 is 9.47 Å². The van der Waals surface area contributed by atoms with Gasteiger partial charge in [0.25, 0.3) is 0 Å². The van der Waals surface area contributed by atoms with Crippen LogP contribution in [0.25, 0.3) is 0 Å². The smallest absolute Gasteiger partial charge is 0.181 e. The molecule has 0 N–H and O–H groups in total. The van der Waals surface area contributed by atoms with Crippen molar-refractivity contribution < 1.29 is 14.3 Å². The molecular formula is C25H34O3. The Hall–Kier alpha value is -0.930. The van der Waals surface area contributed by atoms with Gasteiger partial charge in [0.05, 0.1) is 5.41 Å². The summed E-state index contributed by atoms with van der Waals surface area (Å²) in [5, 5.41) is 0. The molecule has 6 aliphatic rings. The van der Waals surface area contributed by atoms with Gasteiger partial charge >= 0.3 is 0 Å². The largest absolute Gasteiger partial charge is 0.321 e. The van der Waals surface area contributed by atoms with Crippen molar-refractivity contribution in [2.75, 3.05) is 0 Å². The van der Waals surface area contributed by atoms with Crippen molar-refractivity contribution in [3.63, 3.8) is 0 Å². The van der Waals surface area contributed by atoms with Gasteiger partial charge in [-0.25, -0.2) is 0 Å². The number of ether oxygens (including phenoxy) is 2. The third-order valence-corrected chi connectivity index (χ3v) is 10.6. The second-order valence-corrected chi connectivity index (χ2v) is 11.1. The Morgan fingerprint density at radius 1 is 1.04 bits per heavy atom. The highest BCUT2D eigenvalue weighted by atomic mass is 16.9. The molecule has 0 radical (unpaired) electrons. The molecule has 1 heterocycles. The highest BCUT2D eigenvalue weighted by molar-refractivity contribution is 5.82. The first-order valence-electron chi connectivity index (χ1n) is 11.5. The minimum atomic E-state index is -0.500. The Balaban J connectivity index is 1.43. The summed E-state index contributed by atoms with van der Waals surface area (Å²) in [4.78, 5) is 12.0. The number of hydrogen-bond donors (Lipinski definition) is 0. The maximum absolute atomic E-state index is 12.0. The van der Waals surface area contributed by atoms with Gasteiger partial charge in [-0.05, 0) is 87.9 Å². The number of hydrogen-bond acceptors (Lipinski definition) is 3. The molecule has 152 valence electrons. The van der Waals surface area contributed by atoms with E-state index in [9.17, 15) is 4.79 Å². The first kappa shape index (κ1) is 17.9. The molecule has 1 aliphatic heterocycles. The lowest BCUT2D eigenvalue weighted by atomic mass is 9.45. The summed E-state index contributed by atoms with van der Waals surface area (Å²) < 4.78 is 12.6. The molecule has 6 rings (SSSR count). The summed E-state index contributed by atoms with van der Waals surface area (Å²) in [6.45, 7) is 11.4. The third-order valence-electron chi connectivity index (χ3n) is 10.6. The van der Waals surface area contributed by atoms with Crippen LogP contribution in [0.1, 0.15) is 85.0 Å². The van der Waals surface area contributed by atoms with Crippen LogP contribution < -0.4 is 0 Å². The Morgan fingerprint density at radius 3 is 2.54 bits per heavy atom. The van der Waals surface area contributed by atoms with Crippen LogP contribution in [-0.2, 0) is 14.3 Å². The van der Waals surface area contributed by atoms with Crippen molar-refractivity contribution in [2.24, 2.45) is 28.1 Å². The number of carbonyl (C=O) groups excluding carboxylic acids is 1. The van der Waals surface area contributed by atoms with Crippen molar-refractivity contribution in [3.8, 4) is 0 Å². The number of ketones is 1. The molecule has 4 fully saturated rings. The molecule has 5 atom stereocenters. The van der Waals surface area contributed by atoms with Gasteiger partial charge in [-0.1, -0.05) is 30.2 Å². The molecule has 2 bridgehead atoms. The Morgan fingerprint density at radius 2 is 1.82 bits per heavy atom.